The van der Waals surface area contributed by atoms with Crippen LogP contribution in [0.5, 0.6) is 0 Å². The molecule has 17 heavy (non-hydrogen) atoms. The number of nitrogens with one attached hydrogen (secondary N) is 1. The summed E-state index contributed by atoms with van der Waals surface area (Å²) in [6.07, 6.45) is 3.89. The first-order valence-corrected chi connectivity index (χ1v) is 6.09. The number of fused-ring (bicyclic) bond motifs is 1. The van der Waals surface area contributed by atoms with Crippen LogP contribution in [0.4, 0.5) is 0 Å². The van der Waals surface area contributed by atoms with Crippen molar-refractivity contribution in [3.8, 4) is 0 Å². The first-order valence-electron chi connectivity index (χ1n) is 6.09. The van der Waals surface area contributed by atoms with E-state index in [1.807, 2.05) is 12.2 Å². The molecule has 1 N–H and O–H groups in total. The fourth-order valence-electron chi connectivity index (χ4n) is 2.27. The average molecular weight is 228 g/mol. The topological polar surface area (TPSA) is 15.3 Å². The van der Waals surface area contributed by atoms with E-state index in [2.05, 4.69) is 41.6 Å². The lowest BCUT2D eigenvalue weighted by atomic mass is 10.1. The molecular formula is C15H20N2. The Morgan fingerprint density at radius 1 is 1.12 bits per heavy atom. The fraction of sp³-hybridized carbons (Fsp3) is 0.333. The second-order valence-corrected chi connectivity index (χ2v) is 4.48. The van der Waals surface area contributed by atoms with Gasteiger partial charge in [0.25, 0.3) is 0 Å². The molecule has 2 nitrogen and oxygen atoms in total. The highest BCUT2D eigenvalue weighted by atomic mass is 15.1. The molecule has 0 spiro atoms. The molecule has 0 aromatic heterocycles. The zero-order valence-electron chi connectivity index (χ0n) is 10.3. The lowest BCUT2D eigenvalue weighted by molar-refractivity contribution is 0.327. The molecule has 90 valence electrons. The first-order chi connectivity index (χ1) is 8.33. The van der Waals surface area contributed by atoms with E-state index in [1.54, 1.807) is 0 Å². The molecule has 1 aromatic rings. The van der Waals surface area contributed by atoms with E-state index in [9.17, 15) is 0 Å². The summed E-state index contributed by atoms with van der Waals surface area (Å²) in [5, 5.41) is 3.37. The van der Waals surface area contributed by atoms with Crippen LogP contribution in [0.1, 0.15) is 16.7 Å². The number of rotatable bonds is 6. The van der Waals surface area contributed by atoms with Gasteiger partial charge in [-0.2, -0.15) is 0 Å². The zero-order valence-corrected chi connectivity index (χ0v) is 10.3. The molecule has 0 bridgehead atoms. The first kappa shape index (κ1) is 12.1. The molecule has 0 atom stereocenters. The van der Waals surface area contributed by atoms with Gasteiger partial charge in [0.2, 0.25) is 0 Å². The fourth-order valence-corrected chi connectivity index (χ4v) is 2.27. The van der Waals surface area contributed by atoms with E-state index in [-0.39, 0.29) is 0 Å². The van der Waals surface area contributed by atoms with Crippen LogP contribution in [0, 0.1) is 0 Å². The van der Waals surface area contributed by atoms with Crippen LogP contribution in [-0.2, 0) is 19.6 Å². The standard InChI is InChI=1S/C15H20N2/c1-3-7-17(8-4-2)12-13-5-6-14-10-16-11-15(14)9-13/h3-6,9,16H,1-2,7-8,10-12H2. The summed E-state index contributed by atoms with van der Waals surface area (Å²) in [4.78, 5) is 2.32. The summed E-state index contributed by atoms with van der Waals surface area (Å²) >= 11 is 0. The third kappa shape index (κ3) is 3.05. The Labute approximate surface area is 104 Å². The van der Waals surface area contributed by atoms with Gasteiger partial charge in [0.15, 0.2) is 0 Å². The molecular weight excluding hydrogens is 208 g/mol. The van der Waals surface area contributed by atoms with Crippen LogP contribution in [0.2, 0.25) is 0 Å². The summed E-state index contributed by atoms with van der Waals surface area (Å²) in [7, 11) is 0. The van der Waals surface area contributed by atoms with Crippen molar-refractivity contribution in [3.63, 3.8) is 0 Å². The maximum absolute atomic E-state index is 3.80. The van der Waals surface area contributed by atoms with E-state index in [1.165, 1.54) is 16.7 Å². The van der Waals surface area contributed by atoms with Gasteiger partial charge in [-0.25, -0.2) is 0 Å². The minimum atomic E-state index is 0.904. The van der Waals surface area contributed by atoms with Crippen molar-refractivity contribution in [2.45, 2.75) is 19.6 Å². The molecule has 1 aliphatic rings. The Hall–Kier alpha value is -1.38. The molecule has 0 aliphatic carbocycles. The summed E-state index contributed by atoms with van der Waals surface area (Å²) in [5.41, 5.74) is 4.25. The van der Waals surface area contributed by atoms with E-state index in [0.29, 0.717) is 0 Å². The molecule has 0 radical (unpaired) electrons. The van der Waals surface area contributed by atoms with Gasteiger partial charge < -0.3 is 5.32 Å². The summed E-state index contributed by atoms with van der Waals surface area (Å²) in [6.45, 7) is 12.4. The smallest absolute Gasteiger partial charge is 0.0240 e. The van der Waals surface area contributed by atoms with Gasteiger partial charge in [0, 0.05) is 32.7 Å². The predicted molar refractivity (Wildman–Crippen MR) is 72.7 cm³/mol. The molecule has 0 saturated heterocycles. The van der Waals surface area contributed by atoms with Gasteiger partial charge >= 0.3 is 0 Å². The van der Waals surface area contributed by atoms with Crippen LogP contribution in [-0.4, -0.2) is 18.0 Å². The molecule has 0 unspecified atom stereocenters. The van der Waals surface area contributed by atoms with Crippen molar-refractivity contribution < 1.29 is 0 Å². The highest BCUT2D eigenvalue weighted by Crippen LogP contribution is 2.18. The monoisotopic (exact) mass is 228 g/mol. The van der Waals surface area contributed by atoms with Crippen LogP contribution in [0.3, 0.4) is 0 Å². The molecule has 2 heteroatoms. The number of hydrogen-bond acceptors (Lipinski definition) is 2. The van der Waals surface area contributed by atoms with Gasteiger partial charge in [-0.3, -0.25) is 4.90 Å². The predicted octanol–water partition coefficient (Wildman–Crippen LogP) is 2.46. The summed E-state index contributed by atoms with van der Waals surface area (Å²) < 4.78 is 0. The number of nitrogens with zero attached hydrogens (tertiary/aromatic N) is 1. The quantitative estimate of drug-likeness (QED) is 0.752. The Morgan fingerprint density at radius 3 is 2.53 bits per heavy atom. The number of benzene rings is 1. The third-order valence-electron chi connectivity index (χ3n) is 3.08. The van der Waals surface area contributed by atoms with Crippen molar-refractivity contribution in [2.24, 2.45) is 0 Å². The second kappa shape index (κ2) is 5.80. The lowest BCUT2D eigenvalue weighted by Crippen LogP contribution is -2.23. The lowest BCUT2D eigenvalue weighted by Gasteiger charge is -2.19. The Kier molecular flexibility index (Phi) is 4.13. The molecule has 0 amide bonds. The van der Waals surface area contributed by atoms with Crippen LogP contribution in [0.25, 0.3) is 0 Å². The highest BCUT2D eigenvalue weighted by Gasteiger charge is 2.11. The van der Waals surface area contributed by atoms with E-state index < -0.39 is 0 Å². The maximum Gasteiger partial charge on any atom is 0.0240 e. The van der Waals surface area contributed by atoms with E-state index in [4.69, 9.17) is 0 Å². The minimum absolute atomic E-state index is 0.904. The van der Waals surface area contributed by atoms with Gasteiger partial charge in [-0.15, -0.1) is 13.2 Å². The van der Waals surface area contributed by atoms with Crippen molar-refractivity contribution in [1.82, 2.24) is 10.2 Å². The van der Waals surface area contributed by atoms with Gasteiger partial charge in [0.05, 0.1) is 0 Å². The largest absolute Gasteiger partial charge is 0.309 e. The van der Waals surface area contributed by atoms with E-state index in [0.717, 1.165) is 32.7 Å². The Morgan fingerprint density at radius 2 is 1.82 bits per heavy atom. The molecule has 1 heterocycles. The van der Waals surface area contributed by atoms with Gasteiger partial charge in [-0.05, 0) is 16.7 Å². The normalized spacial score (nSPS) is 13.7. The molecule has 1 aliphatic heterocycles. The van der Waals surface area contributed by atoms with Crippen LogP contribution in [0.15, 0.2) is 43.5 Å². The van der Waals surface area contributed by atoms with Crippen molar-refractivity contribution in [3.05, 3.63) is 60.2 Å². The average Bonchev–Trinajstić information content (AvgIpc) is 2.77. The van der Waals surface area contributed by atoms with Crippen LogP contribution >= 0.6 is 0 Å². The number of hydrogen-bond donors (Lipinski definition) is 1. The Balaban J connectivity index is 2.06. The second-order valence-electron chi connectivity index (χ2n) is 4.48. The van der Waals surface area contributed by atoms with E-state index >= 15 is 0 Å². The summed E-state index contributed by atoms with van der Waals surface area (Å²) in [6, 6.07) is 6.78. The maximum atomic E-state index is 3.80. The minimum Gasteiger partial charge on any atom is -0.309 e. The van der Waals surface area contributed by atoms with Gasteiger partial charge in [-0.1, -0.05) is 30.4 Å². The molecule has 1 aromatic carbocycles. The molecule has 0 saturated carbocycles. The zero-order chi connectivity index (χ0) is 12.1. The van der Waals surface area contributed by atoms with Crippen molar-refractivity contribution in [1.29, 1.82) is 0 Å². The molecule has 0 fully saturated rings. The SMILES string of the molecule is C=CCN(CC=C)Cc1ccc2c(c1)CNC2. The third-order valence-corrected chi connectivity index (χ3v) is 3.08. The van der Waals surface area contributed by atoms with Crippen molar-refractivity contribution in [2.75, 3.05) is 13.1 Å². The summed E-state index contributed by atoms with van der Waals surface area (Å²) in [5.74, 6) is 0. The van der Waals surface area contributed by atoms with Crippen molar-refractivity contribution >= 4 is 0 Å². The van der Waals surface area contributed by atoms with Gasteiger partial charge in [0.1, 0.15) is 0 Å². The van der Waals surface area contributed by atoms with Crippen LogP contribution < -0.4 is 5.32 Å². The molecule has 2 rings (SSSR count). The highest BCUT2D eigenvalue weighted by molar-refractivity contribution is 5.34. The Bertz CT molecular complexity index is 399.